The first-order chi connectivity index (χ1) is 17.9. The molecular weight excluding hydrogens is 474 g/mol. The molecule has 1 N–H and O–H groups in total. The molecule has 37 heavy (non-hydrogen) atoms. The van der Waals surface area contributed by atoms with Gasteiger partial charge in [0.2, 0.25) is 5.76 Å². The van der Waals surface area contributed by atoms with Crippen LogP contribution in [0.4, 0.5) is 0 Å². The second-order valence-electron chi connectivity index (χ2n) is 8.95. The number of amides is 1. The fourth-order valence-electron chi connectivity index (χ4n) is 4.86. The van der Waals surface area contributed by atoms with Gasteiger partial charge in [0.15, 0.2) is 28.4 Å². The number of nitrogens with zero attached hydrogens (tertiary/aromatic N) is 1. The van der Waals surface area contributed by atoms with Crippen LogP contribution in [-0.2, 0) is 6.42 Å². The minimum Gasteiger partial charge on any atom is -0.504 e. The number of aryl methyl sites for hydroxylation is 1. The first-order valence-corrected chi connectivity index (χ1v) is 11.8. The molecule has 0 saturated heterocycles. The van der Waals surface area contributed by atoms with Gasteiger partial charge in [-0.1, -0.05) is 23.8 Å². The maximum absolute atomic E-state index is 13.7. The number of methoxy groups -OCH3 is 3. The second-order valence-corrected chi connectivity index (χ2v) is 8.95. The molecule has 0 unspecified atom stereocenters. The first-order valence-electron chi connectivity index (χ1n) is 11.8. The van der Waals surface area contributed by atoms with Crippen molar-refractivity contribution in [3.05, 3.63) is 92.8 Å². The van der Waals surface area contributed by atoms with Crippen molar-refractivity contribution in [2.45, 2.75) is 19.4 Å². The number of hydrogen-bond acceptors (Lipinski definition) is 7. The third-order valence-corrected chi connectivity index (χ3v) is 6.73. The Morgan fingerprint density at radius 3 is 2.38 bits per heavy atom. The highest BCUT2D eigenvalue weighted by molar-refractivity contribution is 5.99. The largest absolute Gasteiger partial charge is 0.504 e. The molecule has 8 nitrogen and oxygen atoms in total. The lowest BCUT2D eigenvalue weighted by Gasteiger charge is -2.25. The zero-order valence-electron chi connectivity index (χ0n) is 21.0. The van der Waals surface area contributed by atoms with Crippen LogP contribution in [0.1, 0.15) is 38.9 Å². The lowest BCUT2D eigenvalue weighted by Crippen LogP contribution is -2.31. The van der Waals surface area contributed by atoms with Gasteiger partial charge < -0.3 is 28.6 Å². The van der Waals surface area contributed by atoms with Gasteiger partial charge in [-0.25, -0.2) is 0 Å². The monoisotopic (exact) mass is 501 g/mol. The van der Waals surface area contributed by atoms with Crippen LogP contribution in [0.25, 0.3) is 11.0 Å². The minimum absolute atomic E-state index is 0.0331. The van der Waals surface area contributed by atoms with Crippen molar-refractivity contribution >= 4 is 16.9 Å². The van der Waals surface area contributed by atoms with Crippen LogP contribution in [0.15, 0.2) is 63.8 Å². The molecule has 4 aromatic rings. The molecule has 2 heterocycles. The second kappa shape index (κ2) is 9.54. The number of benzene rings is 3. The van der Waals surface area contributed by atoms with Gasteiger partial charge in [-0.15, -0.1) is 0 Å². The maximum atomic E-state index is 13.7. The fourth-order valence-corrected chi connectivity index (χ4v) is 4.86. The summed E-state index contributed by atoms with van der Waals surface area (Å²) in [5, 5.41) is 10.6. The van der Waals surface area contributed by atoms with E-state index in [0.29, 0.717) is 41.0 Å². The molecule has 0 saturated carbocycles. The predicted octanol–water partition coefficient (Wildman–Crippen LogP) is 4.62. The maximum Gasteiger partial charge on any atom is 0.290 e. The van der Waals surface area contributed by atoms with E-state index in [9.17, 15) is 14.7 Å². The van der Waals surface area contributed by atoms with E-state index in [1.807, 2.05) is 31.2 Å². The molecule has 5 rings (SSSR count). The third-order valence-electron chi connectivity index (χ3n) is 6.73. The zero-order chi connectivity index (χ0) is 26.3. The number of hydrogen-bond donors (Lipinski definition) is 1. The van der Waals surface area contributed by atoms with Crippen LogP contribution < -0.4 is 19.6 Å². The number of phenolic OH excluding ortho intramolecular Hbond substituents is 1. The molecule has 8 heteroatoms. The van der Waals surface area contributed by atoms with E-state index in [1.54, 1.807) is 43.4 Å². The van der Waals surface area contributed by atoms with E-state index in [-0.39, 0.29) is 34.2 Å². The summed E-state index contributed by atoms with van der Waals surface area (Å²) in [7, 11) is 4.59. The van der Waals surface area contributed by atoms with Crippen molar-refractivity contribution in [3.63, 3.8) is 0 Å². The number of aromatic hydroxyl groups is 1. The minimum atomic E-state index is -0.710. The Balaban J connectivity index is 1.61. The summed E-state index contributed by atoms with van der Waals surface area (Å²) in [6.07, 6.45) is 0.499. The van der Waals surface area contributed by atoms with Crippen LogP contribution in [0.2, 0.25) is 0 Å². The number of rotatable bonds is 7. The molecule has 0 radical (unpaired) electrons. The molecule has 0 aliphatic carbocycles. The van der Waals surface area contributed by atoms with E-state index < -0.39 is 6.04 Å². The summed E-state index contributed by atoms with van der Waals surface area (Å²) >= 11 is 0. The Morgan fingerprint density at radius 2 is 1.65 bits per heavy atom. The SMILES string of the molecule is COc1cc([C@H]2c3c(oc4ccc(C)cc4c3=O)C(=O)N2CCc2ccc(OC)c(OC)c2)ccc1O. The Bertz CT molecular complexity index is 1570. The molecule has 1 aliphatic heterocycles. The quantitative estimate of drug-likeness (QED) is 0.395. The summed E-state index contributed by atoms with van der Waals surface area (Å²) in [4.78, 5) is 29.1. The van der Waals surface area contributed by atoms with Crippen molar-refractivity contribution in [2.75, 3.05) is 27.9 Å². The third kappa shape index (κ3) is 4.14. The van der Waals surface area contributed by atoms with Gasteiger partial charge in [0.05, 0.1) is 38.3 Å². The molecule has 1 aliphatic rings. The highest BCUT2D eigenvalue weighted by Crippen LogP contribution is 2.41. The molecule has 1 aromatic heterocycles. The Hall–Kier alpha value is -4.46. The highest BCUT2D eigenvalue weighted by atomic mass is 16.5. The Morgan fingerprint density at radius 1 is 0.892 bits per heavy atom. The molecule has 0 spiro atoms. The smallest absolute Gasteiger partial charge is 0.290 e. The van der Waals surface area contributed by atoms with Gasteiger partial charge in [0.1, 0.15) is 5.58 Å². The molecule has 1 amide bonds. The van der Waals surface area contributed by atoms with Crippen molar-refractivity contribution < 1.29 is 28.5 Å². The van der Waals surface area contributed by atoms with Crippen molar-refractivity contribution in [1.29, 1.82) is 0 Å². The Kier molecular flexibility index (Phi) is 6.25. The number of carbonyl (C=O) groups excluding carboxylic acids is 1. The summed E-state index contributed by atoms with van der Waals surface area (Å²) in [6.45, 7) is 2.20. The van der Waals surface area contributed by atoms with Crippen LogP contribution >= 0.6 is 0 Å². The van der Waals surface area contributed by atoms with Crippen molar-refractivity contribution in [2.24, 2.45) is 0 Å². The number of carbonyl (C=O) groups is 1. The topological polar surface area (TPSA) is 98.4 Å². The standard InChI is InChI=1S/C29H27NO7/c1-16-5-9-21-19(13-16)27(32)25-26(18-7-8-20(31)23(15-18)35-3)30(29(33)28(25)37-21)12-11-17-6-10-22(34-2)24(14-17)36-4/h5-10,13-15,26,31H,11-12H2,1-4H3/t26-/m0/s1. The van der Waals surface area contributed by atoms with E-state index in [0.717, 1.165) is 11.1 Å². The van der Waals surface area contributed by atoms with Gasteiger partial charge in [0.25, 0.3) is 5.91 Å². The lowest BCUT2D eigenvalue weighted by molar-refractivity contribution is 0.0730. The van der Waals surface area contributed by atoms with Crippen LogP contribution in [-0.4, -0.2) is 43.8 Å². The van der Waals surface area contributed by atoms with Gasteiger partial charge in [-0.3, -0.25) is 9.59 Å². The van der Waals surface area contributed by atoms with E-state index in [2.05, 4.69) is 0 Å². The predicted molar refractivity (Wildman–Crippen MR) is 138 cm³/mol. The van der Waals surface area contributed by atoms with Crippen LogP contribution in [0.3, 0.4) is 0 Å². The average molecular weight is 502 g/mol. The number of ether oxygens (including phenoxy) is 3. The summed E-state index contributed by atoms with van der Waals surface area (Å²) < 4.78 is 22.1. The Labute approximate surface area is 213 Å². The van der Waals surface area contributed by atoms with E-state index >= 15 is 0 Å². The number of phenols is 1. The highest BCUT2D eigenvalue weighted by Gasteiger charge is 2.42. The molecule has 190 valence electrons. The summed E-state index contributed by atoms with van der Waals surface area (Å²) in [5.74, 6) is 1.09. The van der Waals surface area contributed by atoms with Crippen LogP contribution in [0.5, 0.6) is 23.0 Å². The fraction of sp³-hybridized carbons (Fsp3) is 0.241. The lowest BCUT2D eigenvalue weighted by atomic mass is 9.97. The molecule has 0 bridgehead atoms. The van der Waals surface area contributed by atoms with Gasteiger partial charge in [-0.05, 0) is 60.9 Å². The van der Waals surface area contributed by atoms with E-state index in [1.165, 1.54) is 13.2 Å². The molecular formula is C29H27NO7. The van der Waals surface area contributed by atoms with Gasteiger partial charge >= 0.3 is 0 Å². The number of fused-ring (bicyclic) bond motifs is 2. The normalized spacial score (nSPS) is 14.6. The van der Waals surface area contributed by atoms with Crippen molar-refractivity contribution in [3.8, 4) is 23.0 Å². The molecule has 1 atom stereocenters. The first kappa shape index (κ1) is 24.2. The van der Waals surface area contributed by atoms with Gasteiger partial charge in [-0.2, -0.15) is 0 Å². The van der Waals surface area contributed by atoms with Crippen LogP contribution in [0, 0.1) is 6.92 Å². The zero-order valence-corrected chi connectivity index (χ0v) is 21.0. The van der Waals surface area contributed by atoms with E-state index in [4.69, 9.17) is 18.6 Å². The van der Waals surface area contributed by atoms with Crippen molar-refractivity contribution in [1.82, 2.24) is 4.90 Å². The molecule has 3 aromatic carbocycles. The molecule has 0 fully saturated rings. The summed E-state index contributed by atoms with van der Waals surface area (Å²) in [6, 6.07) is 15.0. The average Bonchev–Trinajstić information content (AvgIpc) is 3.19. The van der Waals surface area contributed by atoms with Gasteiger partial charge in [0, 0.05) is 6.54 Å². The summed E-state index contributed by atoms with van der Waals surface area (Å²) in [5.41, 5.74) is 2.88.